The van der Waals surface area contributed by atoms with Crippen molar-refractivity contribution >= 4 is 22.6 Å². The van der Waals surface area contributed by atoms with Gasteiger partial charge in [0.2, 0.25) is 0 Å². The largest absolute Gasteiger partial charge is 0.497 e. The van der Waals surface area contributed by atoms with E-state index in [2.05, 4.69) is 22.6 Å². The molecular formula is C17H19IO3. The fraction of sp³-hybridized carbons (Fsp3) is 0.294. The summed E-state index contributed by atoms with van der Waals surface area (Å²) < 4.78 is 17.3. The molecule has 4 heteroatoms. The maximum atomic E-state index is 6.03. The highest BCUT2D eigenvalue weighted by atomic mass is 127. The van der Waals surface area contributed by atoms with Crippen molar-refractivity contribution in [2.75, 3.05) is 18.6 Å². The Morgan fingerprint density at radius 3 is 2.29 bits per heavy atom. The predicted octanol–water partition coefficient (Wildman–Crippen LogP) is 4.40. The molecule has 0 aromatic heterocycles. The molecule has 0 fully saturated rings. The minimum Gasteiger partial charge on any atom is -0.497 e. The summed E-state index contributed by atoms with van der Waals surface area (Å²) in [5.41, 5.74) is 2.27. The number of alkyl halides is 1. The second-order valence-corrected chi connectivity index (χ2v) is 5.46. The van der Waals surface area contributed by atoms with Gasteiger partial charge in [-0.05, 0) is 35.4 Å². The third-order valence-electron chi connectivity index (χ3n) is 3.21. The zero-order valence-corrected chi connectivity index (χ0v) is 14.4. The van der Waals surface area contributed by atoms with Gasteiger partial charge in [0.1, 0.15) is 11.5 Å². The zero-order chi connectivity index (χ0) is 15.1. The van der Waals surface area contributed by atoms with E-state index in [1.165, 1.54) is 0 Å². The van der Waals surface area contributed by atoms with Gasteiger partial charge < -0.3 is 14.2 Å². The van der Waals surface area contributed by atoms with Crippen LogP contribution in [-0.4, -0.2) is 18.6 Å². The molecule has 1 atom stereocenters. The van der Waals surface area contributed by atoms with Gasteiger partial charge in [-0.3, -0.25) is 0 Å². The molecule has 0 aliphatic rings. The Balaban J connectivity index is 2.01. The van der Waals surface area contributed by atoms with E-state index in [-0.39, 0.29) is 6.10 Å². The van der Waals surface area contributed by atoms with E-state index in [1.54, 1.807) is 14.2 Å². The summed E-state index contributed by atoms with van der Waals surface area (Å²) in [6, 6.07) is 16.0. The summed E-state index contributed by atoms with van der Waals surface area (Å²) in [5.74, 6) is 1.71. The van der Waals surface area contributed by atoms with E-state index >= 15 is 0 Å². The highest BCUT2D eigenvalue weighted by Crippen LogP contribution is 2.24. The Morgan fingerprint density at radius 1 is 0.952 bits per heavy atom. The number of hydrogen-bond acceptors (Lipinski definition) is 3. The van der Waals surface area contributed by atoms with Gasteiger partial charge in [-0.25, -0.2) is 0 Å². The summed E-state index contributed by atoms with van der Waals surface area (Å²) in [6.07, 6.45) is 0.0720. The smallest absolute Gasteiger partial charge is 0.119 e. The first-order chi connectivity index (χ1) is 10.3. The van der Waals surface area contributed by atoms with Crippen LogP contribution in [0.15, 0.2) is 48.5 Å². The maximum absolute atomic E-state index is 6.03. The van der Waals surface area contributed by atoms with Crippen LogP contribution in [0.4, 0.5) is 0 Å². The van der Waals surface area contributed by atoms with Crippen LogP contribution in [0.3, 0.4) is 0 Å². The van der Waals surface area contributed by atoms with Crippen LogP contribution >= 0.6 is 22.6 Å². The molecule has 2 aromatic rings. The molecule has 0 bridgehead atoms. The average molecular weight is 398 g/mol. The SMILES string of the molecule is COc1ccc(C(CI)OCc2cccc(OC)c2)cc1. The summed E-state index contributed by atoms with van der Waals surface area (Å²) >= 11 is 2.35. The van der Waals surface area contributed by atoms with E-state index < -0.39 is 0 Å². The topological polar surface area (TPSA) is 27.7 Å². The quantitative estimate of drug-likeness (QED) is 0.511. The first kappa shape index (κ1) is 16.1. The highest BCUT2D eigenvalue weighted by Gasteiger charge is 2.11. The summed E-state index contributed by atoms with van der Waals surface area (Å²) in [5, 5.41) is 0. The van der Waals surface area contributed by atoms with Crippen LogP contribution in [-0.2, 0) is 11.3 Å². The van der Waals surface area contributed by atoms with Crippen molar-refractivity contribution in [2.45, 2.75) is 12.7 Å². The molecule has 0 aliphatic heterocycles. The normalized spacial score (nSPS) is 12.0. The standard InChI is InChI=1S/C17H19IO3/c1-19-15-8-6-14(7-9-15)17(11-18)21-12-13-4-3-5-16(10-13)20-2/h3-10,17H,11-12H2,1-2H3. The number of methoxy groups -OCH3 is 2. The van der Waals surface area contributed by atoms with Crippen LogP contribution in [0, 0.1) is 0 Å². The van der Waals surface area contributed by atoms with Gasteiger partial charge in [0, 0.05) is 4.43 Å². The molecule has 1 unspecified atom stereocenters. The second kappa shape index (κ2) is 8.24. The number of benzene rings is 2. The molecule has 0 spiro atoms. The molecule has 112 valence electrons. The van der Waals surface area contributed by atoms with Crippen LogP contribution < -0.4 is 9.47 Å². The summed E-state index contributed by atoms with van der Waals surface area (Å²) in [7, 11) is 3.34. The lowest BCUT2D eigenvalue weighted by molar-refractivity contribution is 0.0576. The average Bonchev–Trinajstić information content (AvgIpc) is 2.56. The molecule has 0 aliphatic carbocycles. The Labute approximate surface area is 139 Å². The van der Waals surface area contributed by atoms with Crippen molar-refractivity contribution in [2.24, 2.45) is 0 Å². The zero-order valence-electron chi connectivity index (χ0n) is 12.2. The lowest BCUT2D eigenvalue weighted by Crippen LogP contribution is -2.06. The van der Waals surface area contributed by atoms with Crippen LogP contribution in [0.5, 0.6) is 11.5 Å². The summed E-state index contributed by atoms with van der Waals surface area (Å²) in [4.78, 5) is 0. The van der Waals surface area contributed by atoms with Crippen molar-refractivity contribution in [3.05, 3.63) is 59.7 Å². The minimum atomic E-state index is 0.0720. The molecule has 2 aromatic carbocycles. The number of ether oxygens (including phenoxy) is 3. The van der Waals surface area contributed by atoms with E-state index in [1.807, 2.05) is 48.5 Å². The number of rotatable bonds is 7. The molecule has 0 heterocycles. The number of halogens is 1. The first-order valence-electron chi connectivity index (χ1n) is 6.71. The van der Waals surface area contributed by atoms with Gasteiger partial charge in [0.25, 0.3) is 0 Å². The molecule has 0 radical (unpaired) electrons. The van der Waals surface area contributed by atoms with E-state index in [0.29, 0.717) is 6.61 Å². The van der Waals surface area contributed by atoms with Crippen molar-refractivity contribution < 1.29 is 14.2 Å². The number of hydrogen-bond donors (Lipinski definition) is 0. The van der Waals surface area contributed by atoms with Crippen molar-refractivity contribution in [3.8, 4) is 11.5 Å². The molecule has 0 saturated carbocycles. The predicted molar refractivity (Wildman–Crippen MR) is 92.4 cm³/mol. The van der Waals surface area contributed by atoms with Gasteiger partial charge in [-0.2, -0.15) is 0 Å². The van der Waals surface area contributed by atoms with E-state index in [9.17, 15) is 0 Å². The third-order valence-corrected chi connectivity index (χ3v) is 4.01. The fourth-order valence-corrected chi connectivity index (χ4v) is 2.77. The van der Waals surface area contributed by atoms with Gasteiger partial charge in [-0.15, -0.1) is 0 Å². The van der Waals surface area contributed by atoms with Gasteiger partial charge >= 0.3 is 0 Å². The lowest BCUT2D eigenvalue weighted by atomic mass is 10.1. The van der Waals surface area contributed by atoms with Crippen molar-refractivity contribution in [1.82, 2.24) is 0 Å². The van der Waals surface area contributed by atoms with Gasteiger partial charge in [-0.1, -0.05) is 46.9 Å². The molecular weight excluding hydrogens is 379 g/mol. The molecule has 0 amide bonds. The molecule has 0 saturated heterocycles. The van der Waals surface area contributed by atoms with Gasteiger partial charge in [0.05, 0.1) is 26.9 Å². The monoisotopic (exact) mass is 398 g/mol. The molecule has 0 N–H and O–H groups in total. The van der Waals surface area contributed by atoms with E-state index in [4.69, 9.17) is 14.2 Å². The van der Waals surface area contributed by atoms with Gasteiger partial charge in [0.15, 0.2) is 0 Å². The van der Waals surface area contributed by atoms with Crippen molar-refractivity contribution in [1.29, 1.82) is 0 Å². The minimum absolute atomic E-state index is 0.0720. The van der Waals surface area contributed by atoms with Crippen molar-refractivity contribution in [3.63, 3.8) is 0 Å². The van der Waals surface area contributed by atoms with Crippen LogP contribution in [0.2, 0.25) is 0 Å². The molecule has 3 nitrogen and oxygen atoms in total. The Hall–Kier alpha value is -1.27. The third kappa shape index (κ3) is 4.61. The maximum Gasteiger partial charge on any atom is 0.119 e. The molecule has 2 rings (SSSR count). The van der Waals surface area contributed by atoms with Crippen LogP contribution in [0.25, 0.3) is 0 Å². The highest BCUT2D eigenvalue weighted by molar-refractivity contribution is 14.1. The summed E-state index contributed by atoms with van der Waals surface area (Å²) in [6.45, 7) is 0.566. The first-order valence-corrected chi connectivity index (χ1v) is 8.24. The Morgan fingerprint density at radius 2 is 1.67 bits per heavy atom. The van der Waals surface area contributed by atoms with Crippen LogP contribution in [0.1, 0.15) is 17.2 Å². The fourth-order valence-electron chi connectivity index (χ4n) is 2.01. The Kier molecular flexibility index (Phi) is 6.32. The second-order valence-electron chi connectivity index (χ2n) is 4.58. The lowest BCUT2D eigenvalue weighted by Gasteiger charge is -2.16. The molecule has 21 heavy (non-hydrogen) atoms. The Bertz CT molecular complexity index is 554. The van der Waals surface area contributed by atoms with E-state index in [0.717, 1.165) is 27.1 Å².